The lowest BCUT2D eigenvalue weighted by Crippen LogP contribution is -2.35. The molecular weight excluding hydrogens is 344 g/mol. The molecule has 2 rings (SSSR count). The predicted molar refractivity (Wildman–Crippen MR) is 94.4 cm³/mol. The highest BCUT2D eigenvalue weighted by Gasteiger charge is 2.18. The van der Waals surface area contributed by atoms with E-state index in [4.69, 9.17) is 16.3 Å². The van der Waals surface area contributed by atoms with Gasteiger partial charge in [-0.25, -0.2) is 0 Å². The molecule has 0 bridgehead atoms. The molecule has 6 nitrogen and oxygen atoms in total. The molecule has 0 saturated heterocycles. The van der Waals surface area contributed by atoms with E-state index in [0.29, 0.717) is 16.3 Å². The molecule has 7 heteroatoms. The van der Waals surface area contributed by atoms with Gasteiger partial charge >= 0.3 is 5.97 Å². The quantitative estimate of drug-likeness (QED) is 0.775. The first-order chi connectivity index (χ1) is 12.0. The lowest BCUT2D eigenvalue weighted by molar-refractivity contribution is -0.152. The summed E-state index contributed by atoms with van der Waals surface area (Å²) in [4.78, 5) is 35.6. The molecule has 0 radical (unpaired) electrons. The molecule has 1 atom stereocenters. The van der Waals surface area contributed by atoms with Crippen LogP contribution in [0.15, 0.2) is 54.6 Å². The highest BCUT2D eigenvalue weighted by atomic mass is 35.5. The predicted octanol–water partition coefficient (Wildman–Crippen LogP) is 2.64. The summed E-state index contributed by atoms with van der Waals surface area (Å²) in [6.45, 7) is 1.12. The fourth-order valence-electron chi connectivity index (χ4n) is 1.91. The third kappa shape index (κ3) is 5.93. The average molecular weight is 361 g/mol. The van der Waals surface area contributed by atoms with Crippen LogP contribution in [0.5, 0.6) is 0 Å². The van der Waals surface area contributed by atoms with Crippen molar-refractivity contribution in [3.8, 4) is 0 Å². The number of nitrogens with one attached hydrogen (secondary N) is 2. The number of anilines is 1. The van der Waals surface area contributed by atoms with E-state index in [1.54, 1.807) is 54.6 Å². The van der Waals surface area contributed by atoms with E-state index in [1.165, 1.54) is 6.92 Å². The van der Waals surface area contributed by atoms with Gasteiger partial charge in [0.2, 0.25) is 0 Å². The Morgan fingerprint density at radius 3 is 2.32 bits per heavy atom. The summed E-state index contributed by atoms with van der Waals surface area (Å²) in [6, 6.07) is 15.0. The zero-order valence-corrected chi connectivity index (χ0v) is 14.2. The van der Waals surface area contributed by atoms with Gasteiger partial charge in [0.1, 0.15) is 6.54 Å². The maximum Gasteiger partial charge on any atom is 0.326 e. The first-order valence-electron chi connectivity index (χ1n) is 7.55. The molecule has 0 unspecified atom stereocenters. The van der Waals surface area contributed by atoms with Crippen molar-refractivity contribution in [3.05, 3.63) is 65.2 Å². The number of carbonyl (C=O) groups excluding carboxylic acids is 3. The Hall–Kier alpha value is -2.86. The normalized spacial score (nSPS) is 11.3. The summed E-state index contributed by atoms with van der Waals surface area (Å²) in [6.07, 6.45) is -1.00. The fourth-order valence-corrected chi connectivity index (χ4v) is 2.04. The molecule has 0 spiro atoms. The van der Waals surface area contributed by atoms with Crippen LogP contribution in [0.25, 0.3) is 0 Å². The van der Waals surface area contributed by atoms with Gasteiger partial charge in [-0.05, 0) is 43.3 Å². The fraction of sp³-hybridized carbons (Fsp3) is 0.167. The van der Waals surface area contributed by atoms with Gasteiger partial charge in [0.25, 0.3) is 11.8 Å². The van der Waals surface area contributed by atoms with Crippen molar-refractivity contribution < 1.29 is 19.1 Å². The average Bonchev–Trinajstić information content (AvgIpc) is 2.62. The number of hydrogen-bond acceptors (Lipinski definition) is 4. The maximum absolute atomic E-state index is 12.0. The number of benzene rings is 2. The zero-order chi connectivity index (χ0) is 18.2. The van der Waals surface area contributed by atoms with Crippen molar-refractivity contribution in [1.29, 1.82) is 0 Å². The molecule has 0 saturated carbocycles. The van der Waals surface area contributed by atoms with Crippen LogP contribution in [0.1, 0.15) is 17.3 Å². The van der Waals surface area contributed by atoms with Crippen LogP contribution in [0, 0.1) is 0 Å². The van der Waals surface area contributed by atoms with Gasteiger partial charge in [-0.2, -0.15) is 0 Å². The topological polar surface area (TPSA) is 84.5 Å². The van der Waals surface area contributed by atoms with Gasteiger partial charge in [-0.3, -0.25) is 14.4 Å². The van der Waals surface area contributed by atoms with Gasteiger partial charge in [0, 0.05) is 16.3 Å². The number of hydrogen-bond donors (Lipinski definition) is 2. The minimum absolute atomic E-state index is 0.327. The van der Waals surface area contributed by atoms with E-state index in [2.05, 4.69) is 10.6 Å². The molecule has 2 aromatic rings. The van der Waals surface area contributed by atoms with Crippen molar-refractivity contribution in [1.82, 2.24) is 5.32 Å². The summed E-state index contributed by atoms with van der Waals surface area (Å²) in [5, 5.41) is 5.59. The van der Waals surface area contributed by atoms with Gasteiger partial charge in [-0.15, -0.1) is 0 Å². The van der Waals surface area contributed by atoms with Gasteiger partial charge in [0.05, 0.1) is 0 Å². The Balaban J connectivity index is 1.78. The molecular formula is C18H17ClN2O4. The smallest absolute Gasteiger partial charge is 0.326 e. The van der Waals surface area contributed by atoms with E-state index >= 15 is 0 Å². The van der Waals surface area contributed by atoms with E-state index in [1.807, 2.05) is 0 Å². The summed E-state index contributed by atoms with van der Waals surface area (Å²) in [5.41, 5.74) is 0.971. The van der Waals surface area contributed by atoms with Crippen LogP contribution in [0.2, 0.25) is 5.02 Å². The van der Waals surface area contributed by atoms with Crippen LogP contribution in [-0.2, 0) is 14.3 Å². The van der Waals surface area contributed by atoms with E-state index in [-0.39, 0.29) is 6.54 Å². The Morgan fingerprint density at radius 1 is 1.04 bits per heavy atom. The molecule has 0 aromatic heterocycles. The molecule has 0 aliphatic carbocycles. The van der Waals surface area contributed by atoms with Crippen molar-refractivity contribution >= 4 is 35.1 Å². The second-order valence-electron chi connectivity index (χ2n) is 5.18. The van der Waals surface area contributed by atoms with Crippen LogP contribution in [0.4, 0.5) is 5.69 Å². The lowest BCUT2D eigenvalue weighted by Gasteiger charge is -2.14. The molecule has 2 amide bonds. The summed E-state index contributed by atoms with van der Waals surface area (Å²) < 4.78 is 5.00. The molecule has 25 heavy (non-hydrogen) atoms. The highest BCUT2D eigenvalue weighted by Crippen LogP contribution is 2.13. The zero-order valence-electron chi connectivity index (χ0n) is 13.5. The standard InChI is InChI=1S/C18H17ClN2O4/c1-12(17(23)21-15-9-7-14(19)8-10-15)25-16(22)11-20-18(24)13-5-3-2-4-6-13/h2-10,12H,11H2,1H3,(H,20,24)(H,21,23)/t12-/m1/s1. The number of amides is 2. The highest BCUT2D eigenvalue weighted by molar-refractivity contribution is 6.30. The van der Waals surface area contributed by atoms with Crippen LogP contribution in [-0.4, -0.2) is 30.4 Å². The Morgan fingerprint density at radius 2 is 1.68 bits per heavy atom. The first kappa shape index (κ1) is 18.5. The van der Waals surface area contributed by atoms with E-state index < -0.39 is 23.9 Å². The van der Waals surface area contributed by atoms with E-state index in [0.717, 1.165) is 0 Å². The van der Waals surface area contributed by atoms with Crippen molar-refractivity contribution in [2.45, 2.75) is 13.0 Å². The molecule has 130 valence electrons. The van der Waals surface area contributed by atoms with E-state index in [9.17, 15) is 14.4 Å². The van der Waals surface area contributed by atoms with Crippen molar-refractivity contribution in [3.63, 3.8) is 0 Å². The third-order valence-corrected chi connectivity index (χ3v) is 3.47. The Kier molecular flexibility index (Phi) is 6.54. The molecule has 0 aliphatic rings. The SMILES string of the molecule is C[C@@H](OC(=O)CNC(=O)c1ccccc1)C(=O)Nc1ccc(Cl)cc1. The Labute approximate surface area is 150 Å². The van der Waals surface area contributed by atoms with Gasteiger partial charge < -0.3 is 15.4 Å². The minimum atomic E-state index is -1.00. The number of halogens is 1. The third-order valence-electron chi connectivity index (χ3n) is 3.22. The molecule has 0 fully saturated rings. The number of esters is 1. The lowest BCUT2D eigenvalue weighted by atomic mass is 10.2. The summed E-state index contributed by atoms with van der Waals surface area (Å²) in [5.74, 6) is -1.58. The van der Waals surface area contributed by atoms with Crippen molar-refractivity contribution in [2.24, 2.45) is 0 Å². The first-order valence-corrected chi connectivity index (χ1v) is 7.92. The number of carbonyl (C=O) groups is 3. The monoisotopic (exact) mass is 360 g/mol. The van der Waals surface area contributed by atoms with Crippen LogP contribution >= 0.6 is 11.6 Å². The minimum Gasteiger partial charge on any atom is -0.451 e. The summed E-state index contributed by atoms with van der Waals surface area (Å²) >= 11 is 5.77. The Bertz CT molecular complexity index is 747. The maximum atomic E-state index is 12.0. The molecule has 2 N–H and O–H groups in total. The molecule has 0 heterocycles. The molecule has 2 aromatic carbocycles. The van der Waals surface area contributed by atoms with Crippen molar-refractivity contribution in [2.75, 3.05) is 11.9 Å². The second-order valence-corrected chi connectivity index (χ2v) is 5.61. The number of ether oxygens (including phenoxy) is 1. The van der Waals surface area contributed by atoms with Crippen LogP contribution < -0.4 is 10.6 Å². The van der Waals surface area contributed by atoms with Crippen LogP contribution in [0.3, 0.4) is 0 Å². The van der Waals surface area contributed by atoms with Gasteiger partial charge in [0.15, 0.2) is 6.10 Å². The van der Waals surface area contributed by atoms with Gasteiger partial charge in [-0.1, -0.05) is 29.8 Å². The summed E-state index contributed by atoms with van der Waals surface area (Å²) in [7, 11) is 0. The molecule has 0 aliphatic heterocycles. The second kappa shape index (κ2) is 8.84. The largest absolute Gasteiger partial charge is 0.451 e. The number of rotatable bonds is 6.